The second kappa shape index (κ2) is 8.78. The van der Waals surface area contributed by atoms with Crippen molar-refractivity contribution >= 4 is 15.7 Å². The summed E-state index contributed by atoms with van der Waals surface area (Å²) in [6.07, 6.45) is -1.16. The van der Waals surface area contributed by atoms with Crippen LogP contribution in [0.5, 0.6) is 0 Å². The second-order valence-electron chi connectivity index (χ2n) is 7.90. The number of nitrogens with zero attached hydrogens (tertiary/aromatic N) is 4. The summed E-state index contributed by atoms with van der Waals surface area (Å²) in [5.41, 5.74) is -1.41. The standard InChI is InChI=1S/C21H19F4N5O3S/c1-12-26-9-15(10-27-12)30-11-13(20(29-30)21(23,24)25)8-19(31)28-17-6-7-18(17)34(32,33)16-4-2-14(22)3-5-16/h2-5,9-11,17-18H,6-8H2,1H3,(H,28,31)/t17-,18+/m1/s1. The first kappa shape index (κ1) is 23.8. The zero-order valence-corrected chi connectivity index (χ0v) is 18.6. The minimum absolute atomic E-state index is 0.0844. The van der Waals surface area contributed by atoms with Crippen LogP contribution in [0.2, 0.25) is 0 Å². The summed E-state index contributed by atoms with van der Waals surface area (Å²) in [6.45, 7) is 1.62. The van der Waals surface area contributed by atoms with Crippen LogP contribution in [-0.4, -0.2) is 45.4 Å². The Morgan fingerprint density at radius 2 is 1.79 bits per heavy atom. The number of nitrogens with one attached hydrogen (secondary N) is 1. The predicted molar refractivity (Wildman–Crippen MR) is 111 cm³/mol. The largest absolute Gasteiger partial charge is 0.435 e. The van der Waals surface area contributed by atoms with Crippen LogP contribution in [0, 0.1) is 12.7 Å². The molecule has 0 bridgehead atoms. The Morgan fingerprint density at radius 1 is 1.15 bits per heavy atom. The Kier molecular flexibility index (Phi) is 6.14. The van der Waals surface area contributed by atoms with Crippen molar-refractivity contribution in [1.82, 2.24) is 25.1 Å². The van der Waals surface area contributed by atoms with Gasteiger partial charge in [0.25, 0.3) is 0 Å². The molecule has 3 aromatic rings. The second-order valence-corrected chi connectivity index (χ2v) is 10.1. The molecule has 1 N–H and O–H groups in total. The van der Waals surface area contributed by atoms with Gasteiger partial charge in [-0.3, -0.25) is 4.79 Å². The van der Waals surface area contributed by atoms with Gasteiger partial charge in [-0.15, -0.1) is 0 Å². The molecule has 1 aromatic carbocycles. The molecule has 8 nitrogen and oxygen atoms in total. The first-order valence-corrected chi connectivity index (χ1v) is 11.7. The minimum atomic E-state index is -4.81. The van der Waals surface area contributed by atoms with Crippen LogP contribution in [0.4, 0.5) is 17.6 Å². The number of aromatic nitrogens is 4. The number of aryl methyl sites for hydroxylation is 1. The fourth-order valence-electron chi connectivity index (χ4n) is 3.65. The molecule has 180 valence electrons. The number of hydrogen-bond acceptors (Lipinski definition) is 6. The lowest BCUT2D eigenvalue weighted by atomic mass is 9.92. The molecule has 0 aliphatic heterocycles. The van der Waals surface area contributed by atoms with Crippen molar-refractivity contribution in [3.05, 3.63) is 65.8 Å². The molecule has 2 heterocycles. The SMILES string of the molecule is Cc1ncc(-n2cc(CC(=O)N[C@@H]3CC[C@@H]3S(=O)(=O)c3ccc(F)cc3)c(C(F)(F)F)n2)cn1. The van der Waals surface area contributed by atoms with Gasteiger partial charge in [-0.05, 0) is 44.0 Å². The molecule has 1 amide bonds. The van der Waals surface area contributed by atoms with Gasteiger partial charge in [-0.1, -0.05) is 0 Å². The molecule has 0 saturated heterocycles. The maximum atomic E-state index is 13.5. The van der Waals surface area contributed by atoms with E-state index in [1.165, 1.54) is 12.4 Å². The first-order chi connectivity index (χ1) is 15.9. The lowest BCUT2D eigenvalue weighted by Crippen LogP contribution is -2.54. The number of carbonyl (C=O) groups is 1. The summed E-state index contributed by atoms with van der Waals surface area (Å²) >= 11 is 0. The highest BCUT2D eigenvalue weighted by molar-refractivity contribution is 7.92. The van der Waals surface area contributed by atoms with Crippen molar-refractivity contribution in [3.63, 3.8) is 0 Å². The van der Waals surface area contributed by atoms with Crippen LogP contribution in [0.3, 0.4) is 0 Å². The molecule has 13 heteroatoms. The van der Waals surface area contributed by atoms with Gasteiger partial charge >= 0.3 is 6.18 Å². The zero-order valence-electron chi connectivity index (χ0n) is 17.8. The maximum absolute atomic E-state index is 13.5. The van der Waals surface area contributed by atoms with Gasteiger partial charge in [0.1, 0.15) is 17.3 Å². The van der Waals surface area contributed by atoms with Gasteiger partial charge in [-0.2, -0.15) is 18.3 Å². The number of rotatable bonds is 6. The highest BCUT2D eigenvalue weighted by Gasteiger charge is 2.43. The third-order valence-electron chi connectivity index (χ3n) is 5.54. The van der Waals surface area contributed by atoms with E-state index in [0.29, 0.717) is 12.2 Å². The van der Waals surface area contributed by atoms with Crippen molar-refractivity contribution in [1.29, 1.82) is 0 Å². The van der Waals surface area contributed by atoms with E-state index in [9.17, 15) is 30.8 Å². The van der Waals surface area contributed by atoms with E-state index in [2.05, 4.69) is 20.4 Å². The number of amides is 1. The van der Waals surface area contributed by atoms with E-state index < -0.39 is 51.1 Å². The van der Waals surface area contributed by atoms with Gasteiger partial charge in [0.15, 0.2) is 15.5 Å². The van der Waals surface area contributed by atoms with E-state index in [1.807, 2.05) is 0 Å². The lowest BCUT2D eigenvalue weighted by molar-refractivity contribution is -0.142. The van der Waals surface area contributed by atoms with Crippen molar-refractivity contribution in [3.8, 4) is 5.69 Å². The van der Waals surface area contributed by atoms with Crippen LogP contribution in [0.25, 0.3) is 5.69 Å². The molecule has 1 saturated carbocycles. The average molecular weight is 497 g/mol. The zero-order chi connectivity index (χ0) is 24.7. The van der Waals surface area contributed by atoms with Crippen LogP contribution in [0.15, 0.2) is 47.8 Å². The molecule has 1 aliphatic rings. The number of alkyl halides is 3. The van der Waals surface area contributed by atoms with Gasteiger partial charge in [0.05, 0.1) is 29.0 Å². The molecular weight excluding hydrogens is 478 g/mol. The van der Waals surface area contributed by atoms with Crippen molar-refractivity contribution in [2.24, 2.45) is 0 Å². The Morgan fingerprint density at radius 3 is 2.35 bits per heavy atom. The van der Waals surface area contributed by atoms with Crippen molar-refractivity contribution < 1.29 is 30.8 Å². The van der Waals surface area contributed by atoms with E-state index in [1.54, 1.807) is 6.92 Å². The third kappa shape index (κ3) is 4.79. The number of hydrogen-bond donors (Lipinski definition) is 1. The first-order valence-electron chi connectivity index (χ1n) is 10.2. The molecular formula is C21H19F4N5O3S. The number of halogens is 4. The molecule has 4 rings (SSSR count). The summed E-state index contributed by atoms with van der Waals surface area (Å²) < 4.78 is 80.2. The highest BCUT2D eigenvalue weighted by atomic mass is 32.2. The number of carbonyl (C=O) groups excluding carboxylic acids is 1. The Balaban J connectivity index is 1.50. The Bertz CT molecular complexity index is 1310. The van der Waals surface area contributed by atoms with Crippen LogP contribution in [0.1, 0.15) is 29.9 Å². The number of benzene rings is 1. The van der Waals surface area contributed by atoms with Gasteiger partial charge < -0.3 is 5.32 Å². The summed E-state index contributed by atoms with van der Waals surface area (Å²) in [5.74, 6) is -0.929. The predicted octanol–water partition coefficient (Wildman–Crippen LogP) is 2.79. The fourth-order valence-corrected chi connectivity index (χ4v) is 5.60. The summed E-state index contributed by atoms with van der Waals surface area (Å²) in [5, 5.41) is 5.12. The molecule has 2 atom stereocenters. The molecule has 0 spiro atoms. The monoisotopic (exact) mass is 497 g/mol. The molecule has 0 radical (unpaired) electrons. The van der Waals surface area contributed by atoms with E-state index in [-0.39, 0.29) is 22.6 Å². The van der Waals surface area contributed by atoms with Gasteiger partial charge in [0.2, 0.25) is 5.91 Å². The normalized spacial score (nSPS) is 18.4. The molecule has 34 heavy (non-hydrogen) atoms. The van der Waals surface area contributed by atoms with Gasteiger partial charge in [-0.25, -0.2) is 27.5 Å². The summed E-state index contributed by atoms with van der Waals surface area (Å²) in [4.78, 5) is 20.3. The maximum Gasteiger partial charge on any atom is 0.435 e. The molecule has 1 aliphatic carbocycles. The molecule has 0 unspecified atom stereocenters. The minimum Gasteiger partial charge on any atom is -0.352 e. The average Bonchev–Trinajstić information content (AvgIpc) is 3.16. The van der Waals surface area contributed by atoms with Crippen LogP contribution >= 0.6 is 0 Å². The van der Waals surface area contributed by atoms with E-state index in [0.717, 1.165) is 35.1 Å². The van der Waals surface area contributed by atoms with E-state index in [4.69, 9.17) is 0 Å². The van der Waals surface area contributed by atoms with Gasteiger partial charge in [0, 0.05) is 17.8 Å². The molecule has 1 fully saturated rings. The quantitative estimate of drug-likeness (QED) is 0.415. The fraction of sp³-hybridized carbons (Fsp3) is 0.333. The highest BCUT2D eigenvalue weighted by Crippen LogP contribution is 2.33. The Hall–Kier alpha value is -3.35. The third-order valence-corrected chi connectivity index (χ3v) is 7.83. The summed E-state index contributed by atoms with van der Waals surface area (Å²) in [7, 11) is -3.85. The van der Waals surface area contributed by atoms with Crippen molar-refractivity contribution in [2.75, 3.05) is 0 Å². The topological polar surface area (TPSA) is 107 Å². The smallest absolute Gasteiger partial charge is 0.352 e. The Labute approximate surface area is 192 Å². The van der Waals surface area contributed by atoms with Crippen molar-refractivity contribution in [2.45, 2.75) is 48.5 Å². The van der Waals surface area contributed by atoms with Crippen LogP contribution in [-0.2, 0) is 27.2 Å². The number of sulfone groups is 1. The van der Waals surface area contributed by atoms with E-state index >= 15 is 0 Å². The lowest BCUT2D eigenvalue weighted by Gasteiger charge is -2.36. The molecule has 2 aromatic heterocycles. The van der Waals surface area contributed by atoms with Crippen LogP contribution < -0.4 is 5.32 Å². The summed E-state index contributed by atoms with van der Waals surface area (Å²) in [6, 6.07) is 3.56.